The van der Waals surface area contributed by atoms with E-state index in [9.17, 15) is 0 Å². The van der Waals surface area contributed by atoms with Gasteiger partial charge in [0.2, 0.25) is 0 Å². The number of hydrogen-bond acceptors (Lipinski definition) is 0. The molecule has 2 aliphatic rings. The molecule has 102 valence electrons. The third kappa shape index (κ3) is 2.15. The van der Waals surface area contributed by atoms with Crippen LogP contribution in [0, 0.1) is 20.3 Å². The van der Waals surface area contributed by atoms with Crippen LogP contribution in [-0.2, 0) is 6.42 Å². The molecule has 2 aromatic rings. The van der Waals surface area contributed by atoms with E-state index in [1.54, 1.807) is 0 Å². The summed E-state index contributed by atoms with van der Waals surface area (Å²) in [5.74, 6) is 0.394. The minimum atomic E-state index is 0.394. The van der Waals surface area contributed by atoms with E-state index in [1.807, 2.05) is 0 Å². The quantitative estimate of drug-likeness (QED) is 0.680. The first kappa shape index (κ1) is 12.6. The summed E-state index contributed by atoms with van der Waals surface area (Å²) in [6, 6.07) is 15.5. The molecule has 0 saturated carbocycles. The molecule has 0 saturated heterocycles. The Morgan fingerprint density at radius 2 is 1.76 bits per heavy atom. The van der Waals surface area contributed by atoms with Crippen LogP contribution in [0.2, 0.25) is 0 Å². The smallest absolute Gasteiger partial charge is 0.0249 e. The second-order valence-electron chi connectivity index (χ2n) is 6.13. The van der Waals surface area contributed by atoms with Gasteiger partial charge in [-0.3, -0.25) is 0 Å². The van der Waals surface area contributed by atoms with Crippen molar-refractivity contribution in [3.05, 3.63) is 94.4 Å². The van der Waals surface area contributed by atoms with Crippen LogP contribution >= 0.6 is 0 Å². The molecule has 2 aliphatic carbocycles. The number of allylic oxidation sites excluding steroid dienone is 4. The van der Waals surface area contributed by atoms with Crippen LogP contribution in [0.25, 0.3) is 5.57 Å². The standard InChI is InChI=1S/C21H18/c1-14-9-15(2)11-18(10-14)19-12-17-8-7-16-5-3-4-6-20(16)21(17)13-19/h3-6,9-13,21H,7H2,1-2H3. The molecule has 21 heavy (non-hydrogen) atoms. The van der Waals surface area contributed by atoms with Gasteiger partial charge in [0.25, 0.3) is 0 Å². The van der Waals surface area contributed by atoms with E-state index in [0.29, 0.717) is 5.92 Å². The highest BCUT2D eigenvalue weighted by atomic mass is 14.3. The highest BCUT2D eigenvalue weighted by Crippen LogP contribution is 2.43. The van der Waals surface area contributed by atoms with Gasteiger partial charge in [0.15, 0.2) is 0 Å². The van der Waals surface area contributed by atoms with Crippen LogP contribution in [0.15, 0.2) is 60.2 Å². The zero-order valence-corrected chi connectivity index (χ0v) is 12.5. The molecular formula is C21H18. The maximum absolute atomic E-state index is 3.58. The summed E-state index contributed by atoms with van der Waals surface area (Å²) in [5.41, 5.74) is 9.52. The molecule has 0 fully saturated rings. The van der Waals surface area contributed by atoms with Gasteiger partial charge >= 0.3 is 0 Å². The molecule has 0 N–H and O–H groups in total. The Balaban J connectivity index is 1.79. The van der Waals surface area contributed by atoms with E-state index in [-0.39, 0.29) is 0 Å². The van der Waals surface area contributed by atoms with Crippen LogP contribution in [0.1, 0.15) is 33.7 Å². The summed E-state index contributed by atoms with van der Waals surface area (Å²) in [6.07, 6.45) is 9.22. The molecule has 0 aliphatic heterocycles. The van der Waals surface area contributed by atoms with Crippen LogP contribution < -0.4 is 0 Å². The molecule has 0 spiro atoms. The zero-order chi connectivity index (χ0) is 14.4. The topological polar surface area (TPSA) is 0 Å². The SMILES string of the molecule is Cc1cc(C)cc(C2=CC3C(=C2)[C]Cc2ccccc23)c1. The summed E-state index contributed by atoms with van der Waals surface area (Å²) in [7, 11) is 0. The average molecular weight is 270 g/mol. The molecule has 0 heterocycles. The summed E-state index contributed by atoms with van der Waals surface area (Å²) in [5, 5.41) is 0. The first-order valence-corrected chi connectivity index (χ1v) is 7.54. The monoisotopic (exact) mass is 270 g/mol. The van der Waals surface area contributed by atoms with Crippen molar-refractivity contribution in [1.82, 2.24) is 0 Å². The maximum Gasteiger partial charge on any atom is 0.0249 e. The van der Waals surface area contributed by atoms with Gasteiger partial charge in [-0.25, -0.2) is 0 Å². The lowest BCUT2D eigenvalue weighted by atomic mass is 9.81. The van der Waals surface area contributed by atoms with E-state index in [0.717, 1.165) is 6.42 Å². The Morgan fingerprint density at radius 3 is 2.57 bits per heavy atom. The minimum absolute atomic E-state index is 0.394. The van der Waals surface area contributed by atoms with Crippen molar-refractivity contribution in [3.63, 3.8) is 0 Å². The molecule has 0 bridgehead atoms. The predicted molar refractivity (Wildman–Crippen MR) is 88.1 cm³/mol. The van der Waals surface area contributed by atoms with Crippen molar-refractivity contribution in [2.45, 2.75) is 26.2 Å². The predicted octanol–water partition coefficient (Wildman–Crippen LogP) is 5.05. The first-order valence-electron chi connectivity index (χ1n) is 7.54. The second-order valence-corrected chi connectivity index (χ2v) is 6.13. The van der Waals surface area contributed by atoms with E-state index in [1.165, 1.54) is 39.0 Å². The largest absolute Gasteiger partial charge is 0.0650 e. The lowest BCUT2D eigenvalue weighted by Gasteiger charge is -2.22. The fourth-order valence-corrected chi connectivity index (χ4v) is 3.51. The van der Waals surface area contributed by atoms with Gasteiger partial charge in [-0.15, -0.1) is 0 Å². The second kappa shape index (κ2) is 4.73. The number of aryl methyl sites for hydroxylation is 2. The van der Waals surface area contributed by atoms with Crippen molar-refractivity contribution < 1.29 is 0 Å². The molecule has 0 nitrogen and oxygen atoms in total. The van der Waals surface area contributed by atoms with Gasteiger partial charge in [0, 0.05) is 12.3 Å². The van der Waals surface area contributed by atoms with Crippen LogP contribution in [0.5, 0.6) is 0 Å². The summed E-state index contributed by atoms with van der Waals surface area (Å²) in [6.45, 7) is 4.33. The van der Waals surface area contributed by atoms with Crippen LogP contribution in [-0.4, -0.2) is 0 Å². The van der Waals surface area contributed by atoms with Gasteiger partial charge in [-0.05, 0) is 48.1 Å². The fraction of sp³-hybridized carbons (Fsp3) is 0.190. The molecule has 0 amide bonds. The highest BCUT2D eigenvalue weighted by Gasteiger charge is 2.27. The third-order valence-corrected chi connectivity index (χ3v) is 4.42. The zero-order valence-electron chi connectivity index (χ0n) is 12.5. The number of rotatable bonds is 1. The van der Waals surface area contributed by atoms with Crippen molar-refractivity contribution in [3.8, 4) is 0 Å². The Kier molecular flexibility index (Phi) is 2.85. The average Bonchev–Trinajstić information content (AvgIpc) is 2.91. The number of hydrogen-bond donors (Lipinski definition) is 0. The summed E-state index contributed by atoms with van der Waals surface area (Å²) in [4.78, 5) is 0. The normalized spacial score (nSPS) is 19.6. The molecule has 2 aromatic carbocycles. The van der Waals surface area contributed by atoms with Crippen molar-refractivity contribution >= 4 is 5.57 Å². The highest BCUT2D eigenvalue weighted by molar-refractivity contribution is 5.81. The van der Waals surface area contributed by atoms with Crippen LogP contribution in [0.3, 0.4) is 0 Å². The molecule has 1 unspecified atom stereocenters. The Bertz CT molecular complexity index is 754. The fourth-order valence-electron chi connectivity index (χ4n) is 3.51. The van der Waals surface area contributed by atoms with Crippen molar-refractivity contribution in [2.24, 2.45) is 0 Å². The number of fused-ring (bicyclic) bond motifs is 3. The van der Waals surface area contributed by atoms with Gasteiger partial charge < -0.3 is 0 Å². The molecule has 0 heteroatoms. The maximum atomic E-state index is 3.58. The van der Waals surface area contributed by atoms with Crippen LogP contribution in [0.4, 0.5) is 0 Å². The number of benzene rings is 2. The van der Waals surface area contributed by atoms with E-state index >= 15 is 0 Å². The Labute approximate surface area is 126 Å². The molecule has 0 aromatic heterocycles. The lowest BCUT2D eigenvalue weighted by Crippen LogP contribution is -2.09. The first-order chi connectivity index (χ1) is 10.2. The van der Waals surface area contributed by atoms with E-state index in [2.05, 4.69) is 74.9 Å². The van der Waals surface area contributed by atoms with Gasteiger partial charge in [-0.1, -0.05) is 65.7 Å². The van der Waals surface area contributed by atoms with Crippen molar-refractivity contribution in [1.29, 1.82) is 0 Å². The molecule has 4 rings (SSSR count). The van der Waals surface area contributed by atoms with Crippen molar-refractivity contribution in [2.75, 3.05) is 0 Å². The van der Waals surface area contributed by atoms with E-state index in [4.69, 9.17) is 0 Å². The lowest BCUT2D eigenvalue weighted by molar-refractivity contribution is 0.907. The van der Waals surface area contributed by atoms with Gasteiger partial charge in [0.1, 0.15) is 0 Å². The molecule has 1 atom stereocenters. The van der Waals surface area contributed by atoms with E-state index < -0.39 is 0 Å². The molecular weight excluding hydrogens is 252 g/mol. The van der Waals surface area contributed by atoms with Gasteiger partial charge in [-0.2, -0.15) is 0 Å². The van der Waals surface area contributed by atoms with Gasteiger partial charge in [0.05, 0.1) is 0 Å². The third-order valence-electron chi connectivity index (χ3n) is 4.42. The summed E-state index contributed by atoms with van der Waals surface area (Å²) >= 11 is 0. The minimum Gasteiger partial charge on any atom is -0.0650 e. The summed E-state index contributed by atoms with van der Waals surface area (Å²) < 4.78 is 0. The Morgan fingerprint density at radius 1 is 1.00 bits per heavy atom. The molecule has 2 radical (unpaired) electrons. The Hall–Kier alpha value is -2.08.